The minimum absolute atomic E-state index is 0.0656. The maximum absolute atomic E-state index is 13.5. The van der Waals surface area contributed by atoms with Gasteiger partial charge in [0, 0.05) is 11.5 Å². The number of sulfonamides is 1. The predicted octanol–water partition coefficient (Wildman–Crippen LogP) is 2.17. The van der Waals surface area contributed by atoms with Gasteiger partial charge in [0.05, 0.1) is 17.9 Å². The summed E-state index contributed by atoms with van der Waals surface area (Å²) in [5.74, 6) is -0.599. The molecule has 0 spiro atoms. The zero-order chi connectivity index (χ0) is 16.1. The molecule has 0 heterocycles. The lowest BCUT2D eigenvalue weighted by atomic mass is 9.85. The fourth-order valence-corrected chi connectivity index (χ4v) is 3.38. The summed E-state index contributed by atoms with van der Waals surface area (Å²) in [5, 5.41) is 13.8. The lowest BCUT2D eigenvalue weighted by Gasteiger charge is -2.30. The molecule has 0 saturated heterocycles. The Morgan fingerprint density at radius 3 is 2.43 bits per heavy atom. The van der Waals surface area contributed by atoms with Crippen molar-refractivity contribution in [3.05, 3.63) is 29.6 Å². The van der Waals surface area contributed by atoms with Gasteiger partial charge in [-0.2, -0.15) is 5.26 Å². The third kappa shape index (κ3) is 4.99. The normalized spacial score (nSPS) is 12.0. The summed E-state index contributed by atoms with van der Waals surface area (Å²) in [7, 11) is -3.63. The van der Waals surface area contributed by atoms with E-state index in [1.165, 1.54) is 12.1 Å². The third-order valence-corrected chi connectivity index (χ3v) is 4.63. The van der Waals surface area contributed by atoms with Gasteiger partial charge < -0.3 is 4.74 Å². The van der Waals surface area contributed by atoms with Gasteiger partial charge in [0.25, 0.3) is 0 Å². The molecule has 2 N–H and O–H groups in total. The Morgan fingerprint density at radius 2 is 2.00 bits per heavy atom. The van der Waals surface area contributed by atoms with Crippen LogP contribution in [0.4, 0.5) is 4.39 Å². The second-order valence-corrected chi connectivity index (χ2v) is 6.67. The molecular weight excluding hydrogens is 295 g/mol. The number of hydrogen-bond acceptors (Lipinski definition) is 4. The molecule has 0 radical (unpaired) electrons. The molecule has 0 aromatic heterocycles. The number of primary sulfonamides is 1. The highest BCUT2D eigenvalue weighted by Gasteiger charge is 2.32. The first-order chi connectivity index (χ1) is 9.75. The van der Waals surface area contributed by atoms with Crippen molar-refractivity contribution in [2.45, 2.75) is 26.7 Å². The van der Waals surface area contributed by atoms with Gasteiger partial charge in [0.2, 0.25) is 10.0 Å². The monoisotopic (exact) mass is 314 g/mol. The van der Waals surface area contributed by atoms with Gasteiger partial charge in [-0.05, 0) is 25.0 Å². The number of benzene rings is 1. The van der Waals surface area contributed by atoms with Gasteiger partial charge >= 0.3 is 0 Å². The third-order valence-electron chi connectivity index (χ3n) is 3.61. The molecular formula is C14H19FN2O3S. The van der Waals surface area contributed by atoms with Gasteiger partial charge in [0.15, 0.2) is 0 Å². The molecule has 5 nitrogen and oxygen atoms in total. The van der Waals surface area contributed by atoms with Gasteiger partial charge in [-0.25, -0.2) is 17.9 Å². The van der Waals surface area contributed by atoms with Crippen molar-refractivity contribution in [3.63, 3.8) is 0 Å². The molecule has 0 amide bonds. The summed E-state index contributed by atoms with van der Waals surface area (Å²) in [6.07, 6.45) is 1.14. The standard InChI is InChI=1S/C14H19FN2O3S/c1-3-14(4-2,10-21(17,18)19)9-20-12-6-5-11(8-16)13(15)7-12/h5-7H,3-4,9-10H2,1-2H3,(H2,17,18,19). The number of nitrogens with zero attached hydrogens (tertiary/aromatic N) is 1. The van der Waals surface area contributed by atoms with Crippen LogP contribution in [-0.2, 0) is 10.0 Å². The Bertz CT molecular complexity index is 634. The van der Waals surface area contributed by atoms with E-state index in [4.69, 9.17) is 15.1 Å². The van der Waals surface area contributed by atoms with E-state index >= 15 is 0 Å². The first-order valence-electron chi connectivity index (χ1n) is 6.58. The number of ether oxygens (including phenoxy) is 1. The summed E-state index contributed by atoms with van der Waals surface area (Å²) >= 11 is 0. The Balaban J connectivity index is 2.87. The number of hydrogen-bond donors (Lipinski definition) is 1. The molecule has 21 heavy (non-hydrogen) atoms. The Morgan fingerprint density at radius 1 is 1.38 bits per heavy atom. The summed E-state index contributed by atoms with van der Waals surface area (Å²) in [4.78, 5) is 0. The molecule has 1 rings (SSSR count). The molecule has 0 bridgehead atoms. The van der Waals surface area contributed by atoms with Crippen molar-refractivity contribution in [2.24, 2.45) is 10.6 Å². The highest BCUT2D eigenvalue weighted by molar-refractivity contribution is 7.89. The summed E-state index contributed by atoms with van der Waals surface area (Å²) in [5.41, 5.74) is -0.679. The van der Waals surface area contributed by atoms with Gasteiger partial charge in [0.1, 0.15) is 17.6 Å². The first kappa shape index (κ1) is 17.4. The summed E-state index contributed by atoms with van der Waals surface area (Å²) in [6.45, 7) is 3.83. The van der Waals surface area contributed by atoms with Crippen molar-refractivity contribution in [1.82, 2.24) is 0 Å². The van der Waals surface area contributed by atoms with Gasteiger partial charge in [-0.15, -0.1) is 0 Å². The Kier molecular flexibility index (Phi) is 5.70. The lowest BCUT2D eigenvalue weighted by Crippen LogP contribution is -2.37. The maximum atomic E-state index is 13.5. The fourth-order valence-electron chi connectivity index (χ4n) is 2.04. The SMILES string of the molecule is CCC(CC)(COc1ccc(C#N)c(F)c1)CS(N)(=O)=O. The van der Waals surface area contributed by atoms with Crippen LogP contribution in [0.15, 0.2) is 18.2 Å². The van der Waals surface area contributed by atoms with Crippen LogP contribution in [0.5, 0.6) is 5.75 Å². The van der Waals surface area contributed by atoms with Crippen molar-refractivity contribution in [2.75, 3.05) is 12.4 Å². The highest BCUT2D eigenvalue weighted by Crippen LogP contribution is 2.29. The summed E-state index contributed by atoms with van der Waals surface area (Å²) < 4.78 is 41.7. The minimum Gasteiger partial charge on any atom is -0.493 e. The molecule has 0 aliphatic rings. The van der Waals surface area contributed by atoms with Crippen LogP contribution in [0, 0.1) is 22.6 Å². The van der Waals surface area contributed by atoms with Crippen molar-refractivity contribution in [3.8, 4) is 11.8 Å². The predicted molar refractivity (Wildman–Crippen MR) is 77.6 cm³/mol. The number of nitrogens with two attached hydrogens (primary N) is 1. The largest absolute Gasteiger partial charge is 0.493 e. The van der Waals surface area contributed by atoms with Crippen molar-refractivity contribution >= 4 is 10.0 Å². The van der Waals surface area contributed by atoms with Crippen LogP contribution in [0.3, 0.4) is 0 Å². The second-order valence-electron chi connectivity index (χ2n) is 5.06. The van der Waals surface area contributed by atoms with E-state index in [2.05, 4.69) is 0 Å². The van der Waals surface area contributed by atoms with E-state index in [1.807, 2.05) is 13.8 Å². The quantitative estimate of drug-likeness (QED) is 0.834. The second kappa shape index (κ2) is 6.87. The smallest absolute Gasteiger partial charge is 0.209 e. The van der Waals surface area contributed by atoms with Crippen LogP contribution in [0.1, 0.15) is 32.3 Å². The van der Waals surface area contributed by atoms with Crippen molar-refractivity contribution in [1.29, 1.82) is 5.26 Å². The zero-order valence-corrected chi connectivity index (χ0v) is 12.9. The topological polar surface area (TPSA) is 93.2 Å². The molecule has 0 unspecified atom stereocenters. The first-order valence-corrected chi connectivity index (χ1v) is 8.29. The van der Waals surface area contributed by atoms with Gasteiger partial charge in [-0.3, -0.25) is 0 Å². The van der Waals surface area contributed by atoms with E-state index in [0.717, 1.165) is 6.07 Å². The zero-order valence-electron chi connectivity index (χ0n) is 12.1. The molecule has 0 aliphatic carbocycles. The number of rotatable bonds is 7. The average Bonchev–Trinajstić information content (AvgIpc) is 2.42. The minimum atomic E-state index is -3.63. The van der Waals surface area contributed by atoms with E-state index in [-0.39, 0.29) is 23.7 Å². The van der Waals surface area contributed by atoms with E-state index in [9.17, 15) is 12.8 Å². The molecule has 116 valence electrons. The molecule has 1 aromatic carbocycles. The molecule has 1 aromatic rings. The maximum Gasteiger partial charge on any atom is 0.209 e. The van der Waals surface area contributed by atoms with Crippen LogP contribution >= 0.6 is 0 Å². The van der Waals surface area contributed by atoms with Crippen LogP contribution in [-0.4, -0.2) is 20.8 Å². The Labute approximate surface area is 124 Å². The fraction of sp³-hybridized carbons (Fsp3) is 0.500. The van der Waals surface area contributed by atoms with E-state index < -0.39 is 21.3 Å². The van der Waals surface area contributed by atoms with E-state index in [1.54, 1.807) is 6.07 Å². The van der Waals surface area contributed by atoms with Crippen LogP contribution in [0.2, 0.25) is 0 Å². The highest BCUT2D eigenvalue weighted by atomic mass is 32.2. The number of nitriles is 1. The average molecular weight is 314 g/mol. The molecule has 0 aliphatic heterocycles. The summed E-state index contributed by atoms with van der Waals surface area (Å²) in [6, 6.07) is 5.64. The lowest BCUT2D eigenvalue weighted by molar-refractivity contribution is 0.154. The molecule has 0 atom stereocenters. The number of halogens is 1. The van der Waals surface area contributed by atoms with Crippen LogP contribution in [0.25, 0.3) is 0 Å². The van der Waals surface area contributed by atoms with Gasteiger partial charge in [-0.1, -0.05) is 13.8 Å². The molecule has 0 fully saturated rings. The Hall–Kier alpha value is -1.65. The van der Waals surface area contributed by atoms with E-state index in [0.29, 0.717) is 12.8 Å². The van der Waals surface area contributed by atoms with Crippen molar-refractivity contribution < 1.29 is 17.5 Å². The molecule has 7 heteroatoms. The van der Waals surface area contributed by atoms with Crippen LogP contribution < -0.4 is 9.88 Å². The molecule has 0 saturated carbocycles.